The van der Waals surface area contributed by atoms with Crippen LogP contribution in [0.25, 0.3) is 11.3 Å². The average molecular weight is 389 g/mol. The van der Waals surface area contributed by atoms with Crippen LogP contribution < -0.4 is 5.32 Å². The molecule has 1 amide bonds. The maximum Gasteiger partial charge on any atom is 0.344 e. The van der Waals surface area contributed by atoms with Gasteiger partial charge in [-0.3, -0.25) is 4.79 Å². The summed E-state index contributed by atoms with van der Waals surface area (Å²) in [5.41, 5.74) is 0.787. The second-order valence-electron chi connectivity index (χ2n) is 5.55. The summed E-state index contributed by atoms with van der Waals surface area (Å²) in [6.07, 6.45) is 0. The van der Waals surface area contributed by atoms with E-state index in [0.717, 1.165) is 0 Å². The molecule has 0 spiro atoms. The second kappa shape index (κ2) is 8.01. The average Bonchev–Trinajstić information content (AvgIpc) is 3.03. The summed E-state index contributed by atoms with van der Waals surface area (Å²) in [6.45, 7) is 0.948. The van der Waals surface area contributed by atoms with Crippen LogP contribution in [0.5, 0.6) is 0 Å². The molecule has 0 bridgehead atoms. The number of ether oxygens (including phenoxy) is 1. The van der Waals surface area contributed by atoms with E-state index in [1.54, 1.807) is 37.3 Å². The van der Waals surface area contributed by atoms with Gasteiger partial charge in [-0.1, -0.05) is 47.1 Å². The van der Waals surface area contributed by atoms with Crippen molar-refractivity contribution in [2.24, 2.45) is 0 Å². The minimum atomic E-state index is -0.799. The fourth-order valence-corrected chi connectivity index (χ4v) is 2.63. The van der Waals surface area contributed by atoms with Crippen molar-refractivity contribution < 1.29 is 23.2 Å². The summed E-state index contributed by atoms with van der Waals surface area (Å²) in [5.74, 6) is -1.84. The molecular formula is C19H14ClFN2O4. The lowest BCUT2D eigenvalue weighted by Crippen LogP contribution is -2.21. The highest BCUT2D eigenvalue weighted by Crippen LogP contribution is 2.31. The predicted octanol–water partition coefficient (Wildman–Crippen LogP) is 4.24. The number of aromatic nitrogens is 1. The van der Waals surface area contributed by atoms with E-state index in [2.05, 4.69) is 10.5 Å². The number of carbonyl (C=O) groups excluding carboxylic acids is 2. The Balaban J connectivity index is 1.72. The third-order valence-corrected chi connectivity index (χ3v) is 4.01. The number of nitrogens with zero attached hydrogens (tertiary/aromatic N) is 1. The first-order chi connectivity index (χ1) is 13.0. The molecule has 8 heteroatoms. The maximum atomic E-state index is 13.5. The van der Waals surface area contributed by atoms with Crippen LogP contribution in [0.15, 0.2) is 53.1 Å². The monoisotopic (exact) mass is 388 g/mol. The van der Waals surface area contributed by atoms with Crippen molar-refractivity contribution in [1.29, 1.82) is 0 Å². The van der Waals surface area contributed by atoms with Gasteiger partial charge in [-0.15, -0.1) is 0 Å². The molecule has 0 aliphatic heterocycles. The number of hydrogen-bond acceptors (Lipinski definition) is 5. The van der Waals surface area contributed by atoms with Crippen LogP contribution in [0.3, 0.4) is 0 Å². The Bertz CT molecular complexity index is 1000. The van der Waals surface area contributed by atoms with Crippen LogP contribution in [0, 0.1) is 12.7 Å². The molecule has 6 nitrogen and oxygen atoms in total. The van der Waals surface area contributed by atoms with Crippen molar-refractivity contribution >= 4 is 29.2 Å². The number of amides is 1. The minimum absolute atomic E-state index is 0.00327. The van der Waals surface area contributed by atoms with Crippen molar-refractivity contribution in [3.8, 4) is 11.3 Å². The van der Waals surface area contributed by atoms with Gasteiger partial charge >= 0.3 is 5.97 Å². The molecule has 0 radical (unpaired) electrons. The van der Waals surface area contributed by atoms with E-state index >= 15 is 0 Å². The maximum absolute atomic E-state index is 13.5. The number of nitrogens with one attached hydrogen (secondary N) is 1. The Morgan fingerprint density at radius 2 is 1.89 bits per heavy atom. The van der Waals surface area contributed by atoms with Crippen LogP contribution in [0.4, 0.5) is 10.1 Å². The first-order valence-electron chi connectivity index (χ1n) is 7.90. The molecule has 138 valence electrons. The van der Waals surface area contributed by atoms with E-state index in [4.69, 9.17) is 20.9 Å². The van der Waals surface area contributed by atoms with E-state index in [0.29, 0.717) is 10.6 Å². The molecule has 2 aromatic carbocycles. The largest absolute Gasteiger partial charge is 0.452 e. The van der Waals surface area contributed by atoms with Crippen LogP contribution in [0.2, 0.25) is 5.02 Å². The molecule has 27 heavy (non-hydrogen) atoms. The van der Waals surface area contributed by atoms with Gasteiger partial charge in [0.2, 0.25) is 0 Å². The Kier molecular flexibility index (Phi) is 5.52. The van der Waals surface area contributed by atoms with Crippen molar-refractivity contribution in [3.05, 3.63) is 70.7 Å². The summed E-state index contributed by atoms with van der Waals surface area (Å²) in [4.78, 5) is 24.4. The van der Waals surface area contributed by atoms with Gasteiger partial charge in [-0.05, 0) is 25.1 Å². The highest BCUT2D eigenvalue weighted by molar-refractivity contribution is 6.33. The molecule has 0 unspecified atom stereocenters. The highest BCUT2D eigenvalue weighted by atomic mass is 35.5. The number of rotatable bonds is 5. The molecular weight excluding hydrogens is 375 g/mol. The smallest absolute Gasteiger partial charge is 0.344 e. The zero-order valence-electron chi connectivity index (χ0n) is 14.2. The fourth-order valence-electron chi connectivity index (χ4n) is 2.40. The third-order valence-electron chi connectivity index (χ3n) is 3.68. The summed E-state index contributed by atoms with van der Waals surface area (Å²) < 4.78 is 23.7. The van der Waals surface area contributed by atoms with Crippen molar-refractivity contribution in [2.75, 3.05) is 11.9 Å². The molecule has 0 aliphatic carbocycles. The molecule has 1 N–H and O–H groups in total. The van der Waals surface area contributed by atoms with Crippen molar-refractivity contribution in [1.82, 2.24) is 5.16 Å². The number of hydrogen-bond donors (Lipinski definition) is 1. The molecule has 0 atom stereocenters. The third kappa shape index (κ3) is 4.15. The van der Waals surface area contributed by atoms with Crippen LogP contribution in [0.1, 0.15) is 16.1 Å². The Morgan fingerprint density at radius 3 is 2.63 bits per heavy atom. The Labute approximate surface area is 158 Å². The van der Waals surface area contributed by atoms with Gasteiger partial charge in [0.1, 0.15) is 22.8 Å². The van der Waals surface area contributed by atoms with Gasteiger partial charge in [0.05, 0.1) is 10.7 Å². The number of anilines is 1. The number of para-hydroxylation sites is 1. The van der Waals surface area contributed by atoms with Gasteiger partial charge in [0, 0.05) is 5.56 Å². The first-order valence-corrected chi connectivity index (χ1v) is 8.28. The highest BCUT2D eigenvalue weighted by Gasteiger charge is 2.25. The quantitative estimate of drug-likeness (QED) is 0.661. The Hall–Kier alpha value is -3.19. The number of benzene rings is 2. The summed E-state index contributed by atoms with van der Waals surface area (Å²) in [7, 11) is 0. The molecule has 0 saturated carbocycles. The zero-order valence-corrected chi connectivity index (χ0v) is 14.9. The molecule has 0 fully saturated rings. The van der Waals surface area contributed by atoms with Crippen molar-refractivity contribution in [3.63, 3.8) is 0 Å². The lowest BCUT2D eigenvalue weighted by molar-refractivity contribution is -0.119. The summed E-state index contributed by atoms with van der Waals surface area (Å²) in [6, 6.07) is 12.5. The normalized spacial score (nSPS) is 10.5. The number of halogens is 2. The van der Waals surface area contributed by atoms with E-state index < -0.39 is 24.3 Å². The molecule has 0 aliphatic rings. The van der Waals surface area contributed by atoms with Gasteiger partial charge in [0.15, 0.2) is 6.61 Å². The lowest BCUT2D eigenvalue weighted by atomic mass is 10.1. The number of aryl methyl sites for hydroxylation is 1. The predicted molar refractivity (Wildman–Crippen MR) is 97.0 cm³/mol. The standard InChI is InChI=1S/C19H14ClFN2O4/c1-11-17(18(23-27-11)12-6-2-3-7-13(12)20)19(25)26-10-16(24)22-15-9-5-4-8-14(15)21/h2-9H,10H2,1H3,(H,22,24). The van der Waals surface area contributed by atoms with Crippen LogP contribution >= 0.6 is 11.6 Å². The number of esters is 1. The van der Waals surface area contributed by atoms with Crippen LogP contribution in [-0.2, 0) is 9.53 Å². The summed E-state index contributed by atoms with van der Waals surface area (Å²) >= 11 is 6.14. The van der Waals surface area contributed by atoms with E-state index in [1.165, 1.54) is 18.2 Å². The topological polar surface area (TPSA) is 81.4 Å². The molecule has 1 heterocycles. The van der Waals surface area contributed by atoms with E-state index in [-0.39, 0.29) is 22.7 Å². The minimum Gasteiger partial charge on any atom is -0.452 e. The first kappa shape index (κ1) is 18.6. The van der Waals surface area contributed by atoms with Gasteiger partial charge in [-0.25, -0.2) is 9.18 Å². The second-order valence-corrected chi connectivity index (χ2v) is 5.95. The zero-order chi connectivity index (χ0) is 19.4. The Morgan fingerprint density at radius 1 is 1.19 bits per heavy atom. The van der Waals surface area contributed by atoms with Gasteiger partial charge in [0.25, 0.3) is 5.91 Å². The lowest BCUT2D eigenvalue weighted by Gasteiger charge is -2.08. The number of carbonyl (C=O) groups is 2. The van der Waals surface area contributed by atoms with Gasteiger partial charge in [-0.2, -0.15) is 0 Å². The molecule has 3 rings (SSSR count). The summed E-state index contributed by atoms with van der Waals surface area (Å²) in [5, 5.41) is 6.58. The molecule has 0 saturated heterocycles. The SMILES string of the molecule is Cc1onc(-c2ccccc2Cl)c1C(=O)OCC(=O)Nc1ccccc1F. The molecule has 3 aromatic rings. The van der Waals surface area contributed by atoms with Crippen molar-refractivity contribution in [2.45, 2.75) is 6.92 Å². The van der Waals surface area contributed by atoms with E-state index in [1.807, 2.05) is 0 Å². The van der Waals surface area contributed by atoms with E-state index in [9.17, 15) is 14.0 Å². The van der Waals surface area contributed by atoms with Crippen LogP contribution in [-0.4, -0.2) is 23.6 Å². The van der Waals surface area contributed by atoms with Gasteiger partial charge < -0.3 is 14.6 Å². The fraction of sp³-hybridized carbons (Fsp3) is 0.105. The molecule has 1 aromatic heterocycles.